The highest BCUT2D eigenvalue weighted by Crippen LogP contribution is 2.19. The number of anilines is 1. The number of aromatic nitrogens is 1. The summed E-state index contributed by atoms with van der Waals surface area (Å²) in [5.74, 6) is 0.307. The smallest absolute Gasteiger partial charge is 0.192 e. The maximum atomic E-state index is 14.1. The van der Waals surface area contributed by atoms with E-state index in [0.29, 0.717) is 31.2 Å². The number of halogens is 3. The van der Waals surface area contributed by atoms with Crippen molar-refractivity contribution in [3.05, 3.63) is 59.3 Å². The predicted molar refractivity (Wildman–Crippen MR) is 130 cm³/mol. The van der Waals surface area contributed by atoms with Gasteiger partial charge in [0.15, 0.2) is 5.96 Å². The molecule has 1 saturated heterocycles. The number of pyridine rings is 1. The number of benzene rings is 1. The molecule has 0 aliphatic carbocycles. The van der Waals surface area contributed by atoms with E-state index in [1.165, 1.54) is 12.1 Å². The van der Waals surface area contributed by atoms with Gasteiger partial charge < -0.3 is 20.3 Å². The molecular weight excluding hydrogens is 515 g/mol. The van der Waals surface area contributed by atoms with E-state index in [0.717, 1.165) is 30.5 Å². The molecule has 31 heavy (non-hydrogen) atoms. The van der Waals surface area contributed by atoms with Crippen LogP contribution in [0.2, 0.25) is 0 Å². The molecule has 0 bridgehead atoms. The van der Waals surface area contributed by atoms with Crippen LogP contribution in [0.25, 0.3) is 0 Å². The van der Waals surface area contributed by atoms with Crippen molar-refractivity contribution in [2.45, 2.75) is 39.5 Å². The predicted octanol–water partition coefficient (Wildman–Crippen LogP) is 4.02. The van der Waals surface area contributed by atoms with Gasteiger partial charge in [0.2, 0.25) is 0 Å². The zero-order valence-corrected chi connectivity index (χ0v) is 20.4. The van der Waals surface area contributed by atoms with Crippen LogP contribution in [0.3, 0.4) is 0 Å². The lowest BCUT2D eigenvalue weighted by atomic mass is 10.1. The number of morpholine rings is 1. The van der Waals surface area contributed by atoms with Crippen LogP contribution < -0.4 is 15.5 Å². The van der Waals surface area contributed by atoms with Crippen molar-refractivity contribution in [2.24, 2.45) is 4.99 Å². The van der Waals surface area contributed by atoms with Gasteiger partial charge in [-0.1, -0.05) is 6.07 Å². The van der Waals surface area contributed by atoms with E-state index in [-0.39, 0.29) is 36.1 Å². The van der Waals surface area contributed by atoms with Gasteiger partial charge in [-0.05, 0) is 44.5 Å². The SMILES string of the molecule is CCNC(=NCc1ccnc(N2CCOC(C)C2)c1)NC(C)c1ccc(F)cc1F.I. The number of nitrogens with one attached hydrogen (secondary N) is 2. The number of ether oxygens (including phenoxy) is 1. The minimum absolute atomic E-state index is 0. The van der Waals surface area contributed by atoms with E-state index in [1.54, 1.807) is 6.20 Å². The summed E-state index contributed by atoms with van der Waals surface area (Å²) in [6.45, 7) is 9.26. The first-order valence-electron chi connectivity index (χ1n) is 10.3. The van der Waals surface area contributed by atoms with Crippen LogP contribution >= 0.6 is 24.0 Å². The third-order valence-electron chi connectivity index (χ3n) is 4.92. The number of guanidine groups is 1. The van der Waals surface area contributed by atoms with E-state index in [9.17, 15) is 8.78 Å². The highest BCUT2D eigenvalue weighted by molar-refractivity contribution is 14.0. The lowest BCUT2D eigenvalue weighted by Crippen LogP contribution is -2.41. The van der Waals surface area contributed by atoms with Crippen molar-refractivity contribution < 1.29 is 13.5 Å². The monoisotopic (exact) mass is 545 g/mol. The Morgan fingerprint density at radius 2 is 2.13 bits per heavy atom. The number of aliphatic imine (C=N–C) groups is 1. The minimum Gasteiger partial charge on any atom is -0.375 e. The molecule has 3 rings (SSSR count). The van der Waals surface area contributed by atoms with Crippen molar-refractivity contribution >= 4 is 35.8 Å². The molecule has 9 heteroatoms. The summed E-state index contributed by atoms with van der Waals surface area (Å²) >= 11 is 0. The maximum absolute atomic E-state index is 14.1. The molecule has 0 saturated carbocycles. The molecule has 1 aromatic carbocycles. The second-order valence-electron chi connectivity index (χ2n) is 7.38. The van der Waals surface area contributed by atoms with Crippen LogP contribution in [-0.4, -0.2) is 43.3 Å². The fourth-order valence-electron chi connectivity index (χ4n) is 3.38. The van der Waals surface area contributed by atoms with E-state index < -0.39 is 11.6 Å². The van der Waals surface area contributed by atoms with Crippen LogP contribution in [0.1, 0.15) is 37.9 Å². The fourth-order valence-corrected chi connectivity index (χ4v) is 3.38. The van der Waals surface area contributed by atoms with Crippen molar-refractivity contribution in [1.82, 2.24) is 15.6 Å². The molecule has 0 spiro atoms. The third kappa shape index (κ3) is 7.27. The maximum Gasteiger partial charge on any atom is 0.192 e. The minimum atomic E-state index is -0.591. The van der Waals surface area contributed by atoms with E-state index in [4.69, 9.17) is 4.74 Å². The summed E-state index contributed by atoms with van der Waals surface area (Å²) in [6, 6.07) is 7.20. The zero-order valence-electron chi connectivity index (χ0n) is 18.1. The van der Waals surface area contributed by atoms with Gasteiger partial charge in [-0.2, -0.15) is 0 Å². The van der Waals surface area contributed by atoms with Crippen LogP contribution in [0.5, 0.6) is 0 Å². The summed E-state index contributed by atoms with van der Waals surface area (Å²) in [6.07, 6.45) is 1.97. The summed E-state index contributed by atoms with van der Waals surface area (Å²) in [7, 11) is 0. The van der Waals surface area contributed by atoms with Gasteiger partial charge >= 0.3 is 0 Å². The van der Waals surface area contributed by atoms with E-state index >= 15 is 0 Å². The fraction of sp³-hybridized carbons (Fsp3) is 0.455. The Hall–Kier alpha value is -2.01. The van der Waals surface area contributed by atoms with Crippen LogP contribution in [0.4, 0.5) is 14.6 Å². The normalized spacial score (nSPS) is 17.6. The summed E-state index contributed by atoms with van der Waals surface area (Å²) in [5.41, 5.74) is 1.41. The Labute approximate surface area is 199 Å². The van der Waals surface area contributed by atoms with Crippen LogP contribution in [0, 0.1) is 11.6 Å². The molecular formula is C22H30F2IN5O. The van der Waals surface area contributed by atoms with Crippen molar-refractivity contribution in [2.75, 3.05) is 31.1 Å². The van der Waals surface area contributed by atoms with Crippen LogP contribution in [-0.2, 0) is 11.3 Å². The largest absolute Gasteiger partial charge is 0.375 e. The summed E-state index contributed by atoms with van der Waals surface area (Å²) < 4.78 is 32.9. The first kappa shape index (κ1) is 25.3. The highest BCUT2D eigenvalue weighted by atomic mass is 127. The van der Waals surface area contributed by atoms with Crippen molar-refractivity contribution in [3.8, 4) is 0 Å². The summed E-state index contributed by atoms with van der Waals surface area (Å²) in [5, 5.41) is 6.35. The summed E-state index contributed by atoms with van der Waals surface area (Å²) in [4.78, 5) is 11.3. The average molecular weight is 545 g/mol. The quantitative estimate of drug-likeness (QED) is 0.327. The lowest BCUT2D eigenvalue weighted by Gasteiger charge is -2.32. The molecule has 1 aromatic heterocycles. The third-order valence-corrected chi connectivity index (χ3v) is 4.92. The molecule has 1 fully saturated rings. The average Bonchev–Trinajstić information content (AvgIpc) is 2.72. The second kappa shape index (κ2) is 12.1. The molecule has 6 nitrogen and oxygen atoms in total. The second-order valence-corrected chi connectivity index (χ2v) is 7.38. The standard InChI is InChI=1S/C22H29F2N5O.HI/c1-4-25-22(28-16(3)19-6-5-18(23)12-20(19)24)27-13-17-7-8-26-21(11-17)29-9-10-30-15(2)14-29;/h5-8,11-12,15-16H,4,9-10,13-14H2,1-3H3,(H2,25,27,28);1H. The number of hydrogen-bond donors (Lipinski definition) is 2. The molecule has 170 valence electrons. The Balaban J connectivity index is 0.00000341. The van der Waals surface area contributed by atoms with Crippen molar-refractivity contribution in [3.63, 3.8) is 0 Å². The lowest BCUT2D eigenvalue weighted by molar-refractivity contribution is 0.0529. The molecule has 2 unspecified atom stereocenters. The number of hydrogen-bond acceptors (Lipinski definition) is 4. The molecule has 1 aliphatic heterocycles. The molecule has 0 radical (unpaired) electrons. The molecule has 0 amide bonds. The molecule has 2 aromatic rings. The van der Waals surface area contributed by atoms with Gasteiger partial charge in [0.1, 0.15) is 17.5 Å². The van der Waals surface area contributed by atoms with E-state index in [2.05, 4.69) is 32.4 Å². The van der Waals surface area contributed by atoms with Gasteiger partial charge in [0.25, 0.3) is 0 Å². The van der Waals surface area contributed by atoms with Crippen molar-refractivity contribution in [1.29, 1.82) is 0 Å². The van der Waals surface area contributed by atoms with Gasteiger partial charge in [-0.3, -0.25) is 0 Å². The molecule has 2 heterocycles. The Bertz CT molecular complexity index is 883. The first-order valence-corrected chi connectivity index (χ1v) is 10.3. The number of rotatable bonds is 6. The van der Waals surface area contributed by atoms with Gasteiger partial charge in [0, 0.05) is 37.5 Å². The Kier molecular flexibility index (Phi) is 9.89. The molecule has 2 N–H and O–H groups in total. The number of nitrogens with zero attached hydrogens (tertiary/aromatic N) is 3. The van der Waals surface area contributed by atoms with Gasteiger partial charge in [-0.15, -0.1) is 24.0 Å². The van der Waals surface area contributed by atoms with E-state index in [1.807, 2.05) is 26.0 Å². The highest BCUT2D eigenvalue weighted by Gasteiger charge is 2.18. The first-order chi connectivity index (χ1) is 14.5. The topological polar surface area (TPSA) is 61.8 Å². The van der Waals surface area contributed by atoms with Gasteiger partial charge in [0.05, 0.1) is 25.3 Å². The molecule has 1 aliphatic rings. The van der Waals surface area contributed by atoms with Crippen LogP contribution in [0.15, 0.2) is 41.5 Å². The van der Waals surface area contributed by atoms with Gasteiger partial charge in [-0.25, -0.2) is 18.8 Å². The Morgan fingerprint density at radius 1 is 1.32 bits per heavy atom. The molecule has 2 atom stereocenters. The zero-order chi connectivity index (χ0) is 21.5. The Morgan fingerprint density at radius 3 is 2.84 bits per heavy atom.